The van der Waals surface area contributed by atoms with Gasteiger partial charge in [0.2, 0.25) is 5.60 Å². The summed E-state index contributed by atoms with van der Waals surface area (Å²) in [6, 6.07) is 4.93. The van der Waals surface area contributed by atoms with Gasteiger partial charge in [0.05, 0.1) is 10.5 Å². The summed E-state index contributed by atoms with van der Waals surface area (Å²) in [5, 5.41) is 21.0. The number of nitrogens with zero attached hydrogens (tertiary/aromatic N) is 1. The number of alkyl halides is 6. The molecule has 2 aromatic rings. The van der Waals surface area contributed by atoms with E-state index in [0.717, 1.165) is 18.2 Å². The molecule has 134 valence electrons. The van der Waals surface area contributed by atoms with E-state index in [1.54, 1.807) is 0 Å². The zero-order valence-corrected chi connectivity index (χ0v) is 12.1. The molecule has 0 aliphatic carbocycles. The van der Waals surface area contributed by atoms with Gasteiger partial charge in [-0.3, -0.25) is 10.1 Å². The third kappa shape index (κ3) is 3.43. The van der Waals surface area contributed by atoms with E-state index in [-0.39, 0.29) is 0 Å². The van der Waals surface area contributed by atoms with Crippen molar-refractivity contribution in [1.29, 1.82) is 0 Å². The number of non-ortho nitro benzene ring substituents is 1. The number of rotatable bonds is 3. The molecule has 0 fully saturated rings. The second-order valence-corrected chi connectivity index (χ2v) is 5.09. The van der Waals surface area contributed by atoms with Gasteiger partial charge in [-0.2, -0.15) is 26.3 Å². The van der Waals surface area contributed by atoms with Crippen molar-refractivity contribution in [3.63, 3.8) is 0 Å². The zero-order valence-electron chi connectivity index (χ0n) is 12.1. The zero-order chi connectivity index (χ0) is 19.0. The van der Waals surface area contributed by atoms with Crippen molar-refractivity contribution in [2.24, 2.45) is 0 Å². The highest BCUT2D eigenvalue weighted by atomic mass is 19.4. The minimum absolute atomic E-state index is 0.392. The van der Waals surface area contributed by atoms with Crippen LogP contribution in [0.3, 0.4) is 0 Å². The predicted molar refractivity (Wildman–Crippen MR) is 73.6 cm³/mol. The molecule has 0 amide bonds. The Morgan fingerprint density at radius 1 is 0.840 bits per heavy atom. The molecule has 0 spiro atoms. The molecule has 0 aliphatic rings. The average Bonchev–Trinajstić information content (AvgIpc) is 2.52. The Balaban J connectivity index is 2.64. The van der Waals surface area contributed by atoms with Crippen LogP contribution in [0.2, 0.25) is 0 Å². The minimum Gasteiger partial charge on any atom is -0.372 e. The second-order valence-electron chi connectivity index (χ2n) is 5.09. The van der Waals surface area contributed by atoms with Crippen molar-refractivity contribution in [3.05, 3.63) is 75.3 Å². The summed E-state index contributed by atoms with van der Waals surface area (Å²) in [4.78, 5) is 9.79. The van der Waals surface area contributed by atoms with E-state index in [1.165, 1.54) is 0 Å². The van der Waals surface area contributed by atoms with Crippen LogP contribution < -0.4 is 0 Å². The number of aliphatic hydroxyl groups is 1. The minimum atomic E-state index is -5.33. The number of hydrogen-bond acceptors (Lipinski definition) is 3. The van der Waals surface area contributed by atoms with Gasteiger partial charge >= 0.3 is 12.4 Å². The van der Waals surface area contributed by atoms with E-state index >= 15 is 0 Å². The topological polar surface area (TPSA) is 63.4 Å². The Bertz CT molecular complexity index is 785. The van der Waals surface area contributed by atoms with Gasteiger partial charge in [-0.25, -0.2) is 0 Å². The summed E-state index contributed by atoms with van der Waals surface area (Å²) in [7, 11) is 0. The van der Waals surface area contributed by atoms with Gasteiger partial charge in [0.15, 0.2) is 0 Å². The third-order valence-corrected chi connectivity index (χ3v) is 3.51. The molecule has 0 aromatic heterocycles. The summed E-state index contributed by atoms with van der Waals surface area (Å²) in [5.74, 6) is 0. The number of halogens is 6. The summed E-state index contributed by atoms with van der Waals surface area (Å²) in [5.41, 5.74) is -7.38. The van der Waals surface area contributed by atoms with E-state index in [1.807, 2.05) is 0 Å². The molecule has 0 radical (unpaired) electrons. The largest absolute Gasteiger partial charge is 0.425 e. The molecule has 0 saturated carbocycles. The maximum atomic E-state index is 13.5. The molecule has 0 bridgehead atoms. The monoisotopic (exact) mass is 365 g/mol. The van der Waals surface area contributed by atoms with E-state index in [0.29, 0.717) is 30.3 Å². The Morgan fingerprint density at radius 2 is 1.36 bits per heavy atom. The lowest BCUT2D eigenvalue weighted by Gasteiger charge is -2.31. The second kappa shape index (κ2) is 6.03. The first-order valence-electron chi connectivity index (χ1n) is 6.59. The van der Waals surface area contributed by atoms with Crippen LogP contribution in [-0.4, -0.2) is 16.2 Å². The lowest BCUT2D eigenvalue weighted by Crippen LogP contribution is -2.43. The molecule has 1 atom stereocenters. The highest BCUT2D eigenvalue weighted by Crippen LogP contribution is 2.45. The predicted octanol–water partition coefficient (Wildman–Crippen LogP) is 4.41. The average molecular weight is 365 g/mol. The van der Waals surface area contributed by atoms with Gasteiger partial charge in [-0.05, 0) is 17.7 Å². The standard InChI is InChI=1S/C15H9F6NO3/c16-14(17,18)10-6-4-9(5-7-10)13(23,15(19,20)21)11-2-1-3-12(8-11)22(24)25/h1-8,23H. The van der Waals surface area contributed by atoms with E-state index in [4.69, 9.17) is 0 Å². The molecule has 0 aliphatic heterocycles. The van der Waals surface area contributed by atoms with Crippen LogP contribution in [-0.2, 0) is 11.8 Å². The molecule has 0 saturated heterocycles. The van der Waals surface area contributed by atoms with Crippen molar-refractivity contribution in [2.45, 2.75) is 18.0 Å². The van der Waals surface area contributed by atoms with Crippen molar-refractivity contribution in [2.75, 3.05) is 0 Å². The number of hydrogen-bond donors (Lipinski definition) is 1. The SMILES string of the molecule is O=[N+]([O-])c1cccc(C(O)(c2ccc(C(F)(F)F)cc2)C(F)(F)F)c1. The lowest BCUT2D eigenvalue weighted by molar-refractivity contribution is -0.385. The smallest absolute Gasteiger partial charge is 0.372 e. The number of benzene rings is 2. The van der Waals surface area contributed by atoms with Crippen molar-refractivity contribution in [3.8, 4) is 0 Å². The van der Waals surface area contributed by atoms with Crippen LogP contribution in [0.15, 0.2) is 48.5 Å². The van der Waals surface area contributed by atoms with Crippen LogP contribution >= 0.6 is 0 Å². The Hall–Kier alpha value is -2.62. The summed E-state index contributed by atoms with van der Waals surface area (Å²) in [6.45, 7) is 0. The maximum absolute atomic E-state index is 13.5. The van der Waals surface area contributed by atoms with E-state index < -0.39 is 45.3 Å². The van der Waals surface area contributed by atoms with Crippen molar-refractivity contribution < 1.29 is 36.4 Å². The van der Waals surface area contributed by atoms with E-state index in [2.05, 4.69) is 0 Å². The fourth-order valence-electron chi connectivity index (χ4n) is 2.24. The molecule has 0 heterocycles. The van der Waals surface area contributed by atoms with Crippen molar-refractivity contribution in [1.82, 2.24) is 0 Å². The van der Waals surface area contributed by atoms with Gasteiger partial charge < -0.3 is 5.11 Å². The first-order chi connectivity index (χ1) is 11.4. The summed E-state index contributed by atoms with van der Waals surface area (Å²) >= 11 is 0. The molecular formula is C15H9F6NO3. The van der Waals surface area contributed by atoms with Gasteiger partial charge in [0, 0.05) is 17.7 Å². The molecule has 10 heteroatoms. The fraction of sp³-hybridized carbons (Fsp3) is 0.200. The first kappa shape index (κ1) is 18.7. The van der Waals surface area contributed by atoms with Crippen LogP contribution in [0, 0.1) is 10.1 Å². The van der Waals surface area contributed by atoms with E-state index in [9.17, 15) is 41.6 Å². The molecule has 25 heavy (non-hydrogen) atoms. The normalized spacial score (nSPS) is 14.8. The maximum Gasteiger partial charge on any atom is 0.425 e. The van der Waals surface area contributed by atoms with Crippen LogP contribution in [0.25, 0.3) is 0 Å². The van der Waals surface area contributed by atoms with Gasteiger partial charge in [0.1, 0.15) is 0 Å². The van der Waals surface area contributed by atoms with Gasteiger partial charge in [-0.15, -0.1) is 0 Å². The van der Waals surface area contributed by atoms with Crippen LogP contribution in [0.5, 0.6) is 0 Å². The summed E-state index contributed by atoms with van der Waals surface area (Å²) < 4.78 is 78.2. The highest BCUT2D eigenvalue weighted by Gasteiger charge is 2.56. The molecule has 4 nitrogen and oxygen atoms in total. The highest BCUT2D eigenvalue weighted by molar-refractivity contribution is 5.44. The molecule has 1 N–H and O–H groups in total. The quantitative estimate of drug-likeness (QED) is 0.498. The van der Waals surface area contributed by atoms with Crippen LogP contribution in [0.4, 0.5) is 32.0 Å². The fourth-order valence-corrected chi connectivity index (χ4v) is 2.24. The number of nitro benzene ring substituents is 1. The Morgan fingerprint density at radius 3 is 1.80 bits per heavy atom. The molecule has 1 unspecified atom stereocenters. The molecule has 2 rings (SSSR count). The van der Waals surface area contributed by atoms with Gasteiger partial charge in [0.25, 0.3) is 5.69 Å². The molecular weight excluding hydrogens is 356 g/mol. The Labute approximate surface area is 136 Å². The third-order valence-electron chi connectivity index (χ3n) is 3.51. The van der Waals surface area contributed by atoms with Crippen molar-refractivity contribution >= 4 is 5.69 Å². The van der Waals surface area contributed by atoms with Gasteiger partial charge in [-0.1, -0.05) is 24.3 Å². The number of nitro groups is 1. The summed E-state index contributed by atoms with van der Waals surface area (Å²) in [6.07, 6.45) is -10.1. The lowest BCUT2D eigenvalue weighted by atomic mass is 9.85. The molecule has 2 aromatic carbocycles. The Kier molecular flexibility index (Phi) is 4.51. The first-order valence-corrected chi connectivity index (χ1v) is 6.59. The van der Waals surface area contributed by atoms with Crippen LogP contribution in [0.1, 0.15) is 16.7 Å².